The third-order valence-electron chi connectivity index (χ3n) is 4.36. The van der Waals surface area contributed by atoms with E-state index >= 15 is 0 Å². The lowest BCUT2D eigenvalue weighted by atomic mass is 10.1. The van der Waals surface area contributed by atoms with Crippen LogP contribution in [0.25, 0.3) is 0 Å². The molecule has 3 heteroatoms. The molecule has 0 aromatic heterocycles. The van der Waals surface area contributed by atoms with Crippen LogP contribution in [0, 0.1) is 6.92 Å². The lowest BCUT2D eigenvalue weighted by Gasteiger charge is -2.28. The first kappa shape index (κ1) is 14.4. The normalized spacial score (nSPS) is 20.3. The Morgan fingerprint density at radius 3 is 2.95 bits per heavy atom. The first-order valence-electron chi connectivity index (χ1n) is 7.38. The van der Waals surface area contributed by atoms with Gasteiger partial charge in [0.25, 0.3) is 0 Å². The number of nitrogens with two attached hydrogens (primary N) is 1. The van der Waals surface area contributed by atoms with Crippen LogP contribution < -0.4 is 5.73 Å². The van der Waals surface area contributed by atoms with E-state index in [1.165, 1.54) is 37.1 Å². The second kappa shape index (κ2) is 6.40. The Morgan fingerprint density at radius 1 is 1.42 bits per heavy atom. The number of anilines is 1. The van der Waals surface area contributed by atoms with Gasteiger partial charge in [-0.3, -0.25) is 4.90 Å². The van der Waals surface area contributed by atoms with Gasteiger partial charge in [-0.15, -0.1) is 0 Å². The molecule has 0 spiro atoms. The largest absolute Gasteiger partial charge is 0.399 e. The minimum absolute atomic E-state index is 0.733. The molecule has 2 rings (SSSR count). The van der Waals surface area contributed by atoms with E-state index in [1.807, 2.05) is 6.07 Å². The number of hydrogen-bond acceptors (Lipinski definition) is 3. The second-order valence-electron chi connectivity index (χ2n) is 5.75. The molecule has 0 bridgehead atoms. The zero-order chi connectivity index (χ0) is 13.8. The predicted octanol–water partition coefficient (Wildman–Crippen LogP) is 2.49. The minimum Gasteiger partial charge on any atom is -0.399 e. The van der Waals surface area contributed by atoms with Crippen molar-refractivity contribution >= 4 is 5.69 Å². The molecule has 1 heterocycles. The number of nitrogens with zero attached hydrogens (tertiary/aromatic N) is 2. The number of rotatable bonds is 5. The van der Waals surface area contributed by atoms with E-state index in [-0.39, 0.29) is 0 Å². The molecule has 2 N–H and O–H groups in total. The van der Waals surface area contributed by atoms with Gasteiger partial charge in [0.15, 0.2) is 0 Å². The molecular formula is C16H27N3. The lowest BCUT2D eigenvalue weighted by molar-refractivity contribution is 0.194. The van der Waals surface area contributed by atoms with Crippen LogP contribution in [0.15, 0.2) is 18.2 Å². The van der Waals surface area contributed by atoms with Gasteiger partial charge in [-0.05, 0) is 57.1 Å². The maximum absolute atomic E-state index is 5.98. The molecule has 0 saturated carbocycles. The van der Waals surface area contributed by atoms with E-state index in [2.05, 4.69) is 42.8 Å². The van der Waals surface area contributed by atoms with Gasteiger partial charge in [-0.2, -0.15) is 0 Å². The molecule has 0 radical (unpaired) electrons. The Morgan fingerprint density at radius 2 is 2.21 bits per heavy atom. The van der Waals surface area contributed by atoms with E-state index < -0.39 is 0 Å². The van der Waals surface area contributed by atoms with Crippen molar-refractivity contribution in [1.82, 2.24) is 9.80 Å². The van der Waals surface area contributed by atoms with Crippen molar-refractivity contribution in [3.05, 3.63) is 29.3 Å². The van der Waals surface area contributed by atoms with Crippen LogP contribution in [0.1, 0.15) is 30.9 Å². The summed E-state index contributed by atoms with van der Waals surface area (Å²) in [5, 5.41) is 0. The van der Waals surface area contributed by atoms with E-state index in [1.54, 1.807) is 0 Å². The standard InChI is InChI=1S/C16H27N3/c1-4-19-10-6-8-15(19)12-18(3)11-14-7-5-9-16(17)13(14)2/h5,7,9,15H,4,6,8,10-12,17H2,1-3H3. The lowest BCUT2D eigenvalue weighted by Crippen LogP contribution is -2.38. The van der Waals surface area contributed by atoms with Gasteiger partial charge in [0, 0.05) is 24.8 Å². The molecule has 1 atom stereocenters. The summed E-state index contributed by atoms with van der Waals surface area (Å²) in [5.41, 5.74) is 9.46. The Hall–Kier alpha value is -1.06. The smallest absolute Gasteiger partial charge is 0.0346 e. The second-order valence-corrected chi connectivity index (χ2v) is 5.75. The average Bonchev–Trinajstić information content (AvgIpc) is 2.82. The third kappa shape index (κ3) is 3.48. The van der Waals surface area contributed by atoms with Crippen molar-refractivity contribution in [2.75, 3.05) is 32.4 Å². The quantitative estimate of drug-likeness (QED) is 0.827. The van der Waals surface area contributed by atoms with Crippen molar-refractivity contribution in [2.45, 2.75) is 39.3 Å². The van der Waals surface area contributed by atoms with Crippen molar-refractivity contribution < 1.29 is 0 Å². The molecule has 1 aliphatic heterocycles. The molecule has 106 valence electrons. The van der Waals surface area contributed by atoms with E-state index in [0.29, 0.717) is 0 Å². The highest BCUT2D eigenvalue weighted by Crippen LogP contribution is 2.20. The van der Waals surface area contributed by atoms with Gasteiger partial charge in [-0.1, -0.05) is 19.1 Å². The zero-order valence-corrected chi connectivity index (χ0v) is 12.5. The van der Waals surface area contributed by atoms with Crippen LogP contribution >= 0.6 is 0 Å². The summed E-state index contributed by atoms with van der Waals surface area (Å²) in [4.78, 5) is 5.03. The number of benzene rings is 1. The molecule has 1 saturated heterocycles. The molecule has 1 aromatic carbocycles. The van der Waals surface area contributed by atoms with Crippen LogP contribution in [0.5, 0.6) is 0 Å². The molecular weight excluding hydrogens is 234 g/mol. The third-order valence-corrected chi connectivity index (χ3v) is 4.36. The number of hydrogen-bond donors (Lipinski definition) is 1. The van der Waals surface area contributed by atoms with Crippen molar-refractivity contribution in [3.8, 4) is 0 Å². The van der Waals surface area contributed by atoms with E-state index in [0.717, 1.165) is 24.8 Å². The van der Waals surface area contributed by atoms with Crippen molar-refractivity contribution in [2.24, 2.45) is 0 Å². The summed E-state index contributed by atoms with van der Waals surface area (Å²) in [5.74, 6) is 0. The maximum Gasteiger partial charge on any atom is 0.0346 e. The number of nitrogen functional groups attached to an aromatic ring is 1. The first-order chi connectivity index (χ1) is 9.11. The fourth-order valence-electron chi connectivity index (χ4n) is 3.11. The van der Waals surface area contributed by atoms with Crippen LogP contribution in [0.4, 0.5) is 5.69 Å². The van der Waals surface area contributed by atoms with Gasteiger partial charge in [0.05, 0.1) is 0 Å². The molecule has 0 amide bonds. The molecule has 19 heavy (non-hydrogen) atoms. The van der Waals surface area contributed by atoms with Crippen molar-refractivity contribution in [1.29, 1.82) is 0 Å². The fourth-order valence-corrected chi connectivity index (χ4v) is 3.11. The zero-order valence-electron chi connectivity index (χ0n) is 12.5. The Kier molecular flexibility index (Phi) is 4.83. The number of likely N-dealkylation sites (N-methyl/N-ethyl adjacent to an activating group) is 2. The SMILES string of the molecule is CCN1CCCC1CN(C)Cc1cccc(N)c1C. The summed E-state index contributed by atoms with van der Waals surface area (Å²) in [6.07, 6.45) is 2.69. The minimum atomic E-state index is 0.733. The summed E-state index contributed by atoms with van der Waals surface area (Å²) in [7, 11) is 2.22. The Balaban J connectivity index is 1.94. The molecule has 1 fully saturated rings. The first-order valence-corrected chi connectivity index (χ1v) is 7.38. The summed E-state index contributed by atoms with van der Waals surface area (Å²) in [6, 6.07) is 6.96. The monoisotopic (exact) mass is 261 g/mol. The Bertz CT molecular complexity index is 416. The molecule has 1 aromatic rings. The fraction of sp³-hybridized carbons (Fsp3) is 0.625. The van der Waals surface area contributed by atoms with Gasteiger partial charge >= 0.3 is 0 Å². The van der Waals surface area contributed by atoms with Gasteiger partial charge in [0.1, 0.15) is 0 Å². The predicted molar refractivity (Wildman–Crippen MR) is 82.2 cm³/mol. The van der Waals surface area contributed by atoms with E-state index in [4.69, 9.17) is 5.73 Å². The topological polar surface area (TPSA) is 32.5 Å². The van der Waals surface area contributed by atoms with Crippen LogP contribution in [-0.2, 0) is 6.54 Å². The van der Waals surface area contributed by atoms with Crippen LogP contribution in [0.3, 0.4) is 0 Å². The highest BCUT2D eigenvalue weighted by atomic mass is 15.2. The molecule has 1 unspecified atom stereocenters. The van der Waals surface area contributed by atoms with E-state index in [9.17, 15) is 0 Å². The average molecular weight is 261 g/mol. The van der Waals surface area contributed by atoms with Crippen LogP contribution in [0.2, 0.25) is 0 Å². The van der Waals surface area contributed by atoms with Gasteiger partial charge in [0.2, 0.25) is 0 Å². The highest BCUT2D eigenvalue weighted by Gasteiger charge is 2.24. The molecule has 1 aliphatic rings. The summed E-state index contributed by atoms with van der Waals surface area (Å²) < 4.78 is 0. The molecule has 0 aliphatic carbocycles. The Labute approximate surface area is 117 Å². The summed E-state index contributed by atoms with van der Waals surface area (Å²) in [6.45, 7) is 8.97. The summed E-state index contributed by atoms with van der Waals surface area (Å²) >= 11 is 0. The maximum atomic E-state index is 5.98. The molecule has 3 nitrogen and oxygen atoms in total. The van der Waals surface area contributed by atoms with Crippen LogP contribution in [-0.4, -0.2) is 42.5 Å². The van der Waals surface area contributed by atoms with Gasteiger partial charge in [-0.25, -0.2) is 0 Å². The van der Waals surface area contributed by atoms with Gasteiger partial charge < -0.3 is 10.6 Å². The highest BCUT2D eigenvalue weighted by molar-refractivity contribution is 5.49. The van der Waals surface area contributed by atoms with Crippen molar-refractivity contribution in [3.63, 3.8) is 0 Å². The number of likely N-dealkylation sites (tertiary alicyclic amines) is 1.